The van der Waals surface area contributed by atoms with Gasteiger partial charge in [0, 0.05) is 6.04 Å². The third-order valence-corrected chi connectivity index (χ3v) is 2.89. The molecule has 1 amide bonds. The minimum atomic E-state index is -1.05. The Hall–Kier alpha value is -1.97. The molecule has 1 aliphatic rings. The first-order chi connectivity index (χ1) is 8.65. The van der Waals surface area contributed by atoms with Crippen molar-refractivity contribution in [3.8, 4) is 0 Å². The van der Waals surface area contributed by atoms with Gasteiger partial charge in [-0.2, -0.15) is 9.98 Å². The van der Waals surface area contributed by atoms with Gasteiger partial charge in [0.15, 0.2) is 5.66 Å². The van der Waals surface area contributed by atoms with Crippen LogP contribution in [0, 0.1) is 0 Å². The summed E-state index contributed by atoms with van der Waals surface area (Å²) in [5.41, 5.74) is -1.05. The maximum atomic E-state index is 11.2. The van der Waals surface area contributed by atoms with Crippen molar-refractivity contribution >= 4 is 18.3 Å². The Morgan fingerprint density at radius 3 is 2.33 bits per heavy atom. The lowest BCUT2D eigenvalue weighted by Gasteiger charge is -2.31. The monoisotopic (exact) mass is 253 g/mol. The van der Waals surface area contributed by atoms with E-state index in [0.29, 0.717) is 32.3 Å². The molecule has 0 atom stereocenters. The van der Waals surface area contributed by atoms with E-state index in [1.807, 2.05) is 0 Å². The zero-order chi connectivity index (χ0) is 13.4. The van der Waals surface area contributed by atoms with Crippen LogP contribution in [0.2, 0.25) is 0 Å². The Morgan fingerprint density at radius 1 is 1.33 bits per heavy atom. The number of isocyanates is 2. The summed E-state index contributed by atoms with van der Waals surface area (Å²) in [4.78, 5) is 39.0. The predicted octanol–water partition coefficient (Wildman–Crippen LogP) is 1.04. The van der Waals surface area contributed by atoms with Crippen LogP contribution in [0.25, 0.3) is 0 Å². The zero-order valence-corrected chi connectivity index (χ0v) is 10.1. The highest BCUT2D eigenvalue weighted by atomic mass is 16.5. The molecule has 0 aliphatic heterocycles. The van der Waals surface area contributed by atoms with E-state index in [2.05, 4.69) is 15.3 Å². The largest absolute Gasteiger partial charge is 0.450 e. The Labute approximate surface area is 104 Å². The molecule has 1 N–H and O–H groups in total. The zero-order valence-electron chi connectivity index (χ0n) is 10.1. The van der Waals surface area contributed by atoms with Gasteiger partial charge in [-0.3, -0.25) is 0 Å². The predicted molar refractivity (Wildman–Crippen MR) is 61.4 cm³/mol. The van der Waals surface area contributed by atoms with E-state index in [9.17, 15) is 14.4 Å². The first-order valence-corrected chi connectivity index (χ1v) is 5.77. The van der Waals surface area contributed by atoms with Gasteiger partial charge in [0.05, 0.1) is 6.61 Å². The number of rotatable bonds is 4. The van der Waals surface area contributed by atoms with E-state index in [0.717, 1.165) is 0 Å². The van der Waals surface area contributed by atoms with Crippen molar-refractivity contribution < 1.29 is 19.1 Å². The molecule has 7 heteroatoms. The Kier molecular flexibility index (Phi) is 5.24. The molecule has 1 fully saturated rings. The minimum absolute atomic E-state index is 0.0547. The second-order valence-electron chi connectivity index (χ2n) is 4.03. The number of nitrogens with zero attached hydrogens (tertiary/aromatic N) is 2. The number of hydrogen-bond donors (Lipinski definition) is 1. The lowest BCUT2D eigenvalue weighted by atomic mass is 9.86. The molecule has 0 bridgehead atoms. The summed E-state index contributed by atoms with van der Waals surface area (Å²) in [7, 11) is 0. The molecule has 0 aromatic rings. The molecule has 1 rings (SSSR count). The SMILES string of the molecule is CCOC(=O)NC1CCC(N=C=O)(N=C=O)CC1. The number of nitrogens with one attached hydrogen (secondary N) is 1. The van der Waals surface area contributed by atoms with Crippen LogP contribution >= 0.6 is 0 Å². The van der Waals surface area contributed by atoms with Crippen molar-refractivity contribution in [2.24, 2.45) is 9.98 Å². The first-order valence-electron chi connectivity index (χ1n) is 5.77. The van der Waals surface area contributed by atoms with Crippen molar-refractivity contribution in [3.05, 3.63) is 0 Å². The number of aliphatic imine (C=N–C) groups is 2. The third kappa shape index (κ3) is 3.80. The fourth-order valence-electron chi connectivity index (χ4n) is 1.98. The molecule has 98 valence electrons. The van der Waals surface area contributed by atoms with Crippen LogP contribution in [0.1, 0.15) is 32.6 Å². The van der Waals surface area contributed by atoms with E-state index < -0.39 is 11.8 Å². The van der Waals surface area contributed by atoms with E-state index in [-0.39, 0.29) is 6.04 Å². The Balaban J connectivity index is 2.55. The van der Waals surface area contributed by atoms with Gasteiger partial charge in [-0.25, -0.2) is 14.4 Å². The molecule has 0 unspecified atom stereocenters. The number of alkyl carbamates (subject to hydrolysis) is 1. The summed E-state index contributed by atoms with van der Waals surface area (Å²) >= 11 is 0. The molecule has 0 radical (unpaired) electrons. The van der Waals surface area contributed by atoms with Gasteiger partial charge in [-0.1, -0.05) is 0 Å². The maximum absolute atomic E-state index is 11.2. The Morgan fingerprint density at radius 2 is 1.89 bits per heavy atom. The standard InChI is InChI=1S/C11H15N3O4/c1-2-18-10(17)14-9-3-5-11(6-4-9,12-7-15)13-8-16/h9H,2-6H2,1H3,(H,14,17). The van der Waals surface area contributed by atoms with Gasteiger partial charge in [-0.05, 0) is 32.6 Å². The van der Waals surface area contributed by atoms with E-state index in [1.54, 1.807) is 6.92 Å². The highest BCUT2D eigenvalue weighted by Crippen LogP contribution is 2.32. The average molecular weight is 253 g/mol. The van der Waals surface area contributed by atoms with Gasteiger partial charge in [0.1, 0.15) is 0 Å². The Bertz CT molecular complexity index is 369. The molecule has 7 nitrogen and oxygen atoms in total. The molecule has 0 aromatic heterocycles. The molecule has 18 heavy (non-hydrogen) atoms. The fraction of sp³-hybridized carbons (Fsp3) is 0.727. The molecule has 0 heterocycles. The quantitative estimate of drug-likeness (QED) is 0.598. The summed E-state index contributed by atoms with van der Waals surface area (Å²) in [5.74, 6) is 0. The molecule has 1 aliphatic carbocycles. The van der Waals surface area contributed by atoms with Gasteiger partial charge in [0.25, 0.3) is 0 Å². The van der Waals surface area contributed by atoms with Crippen molar-refractivity contribution in [3.63, 3.8) is 0 Å². The van der Waals surface area contributed by atoms with Crippen LogP contribution in [0.5, 0.6) is 0 Å². The number of carbonyl (C=O) groups excluding carboxylic acids is 3. The second-order valence-corrected chi connectivity index (χ2v) is 4.03. The minimum Gasteiger partial charge on any atom is -0.450 e. The van der Waals surface area contributed by atoms with Crippen LogP contribution in [0.4, 0.5) is 4.79 Å². The van der Waals surface area contributed by atoms with Crippen LogP contribution in [0.15, 0.2) is 9.98 Å². The van der Waals surface area contributed by atoms with Gasteiger partial charge in [0.2, 0.25) is 12.2 Å². The highest BCUT2D eigenvalue weighted by Gasteiger charge is 2.35. The van der Waals surface area contributed by atoms with E-state index in [1.165, 1.54) is 12.2 Å². The fourth-order valence-corrected chi connectivity index (χ4v) is 1.98. The lowest BCUT2D eigenvalue weighted by molar-refractivity contribution is 0.141. The normalized spacial score (nSPS) is 26.4. The lowest BCUT2D eigenvalue weighted by Crippen LogP contribution is -2.42. The van der Waals surface area contributed by atoms with Crippen molar-refractivity contribution in [2.75, 3.05) is 6.61 Å². The van der Waals surface area contributed by atoms with Crippen LogP contribution < -0.4 is 5.32 Å². The van der Waals surface area contributed by atoms with Crippen LogP contribution in [-0.4, -0.2) is 36.6 Å². The van der Waals surface area contributed by atoms with Crippen molar-refractivity contribution in [1.82, 2.24) is 5.32 Å². The third-order valence-electron chi connectivity index (χ3n) is 2.89. The van der Waals surface area contributed by atoms with E-state index in [4.69, 9.17) is 4.74 Å². The van der Waals surface area contributed by atoms with Gasteiger partial charge < -0.3 is 10.1 Å². The molecular formula is C11H15N3O4. The summed E-state index contributed by atoms with van der Waals surface area (Å²) < 4.78 is 4.77. The highest BCUT2D eigenvalue weighted by molar-refractivity contribution is 5.67. The van der Waals surface area contributed by atoms with Gasteiger partial charge >= 0.3 is 6.09 Å². The number of ether oxygens (including phenoxy) is 1. The van der Waals surface area contributed by atoms with Crippen molar-refractivity contribution in [2.45, 2.75) is 44.3 Å². The number of hydrogen-bond acceptors (Lipinski definition) is 6. The van der Waals surface area contributed by atoms with Crippen molar-refractivity contribution in [1.29, 1.82) is 0 Å². The second kappa shape index (κ2) is 6.69. The number of amides is 1. The summed E-state index contributed by atoms with van der Waals surface area (Å²) in [6, 6.07) is -0.0547. The average Bonchev–Trinajstić information content (AvgIpc) is 2.33. The summed E-state index contributed by atoms with van der Waals surface area (Å²) in [5, 5.41) is 2.70. The maximum Gasteiger partial charge on any atom is 0.407 e. The summed E-state index contributed by atoms with van der Waals surface area (Å²) in [6.45, 7) is 2.04. The van der Waals surface area contributed by atoms with Crippen LogP contribution in [0.3, 0.4) is 0 Å². The van der Waals surface area contributed by atoms with Crippen LogP contribution in [-0.2, 0) is 14.3 Å². The topological polar surface area (TPSA) is 97.2 Å². The molecule has 0 aromatic carbocycles. The first kappa shape index (κ1) is 14.1. The smallest absolute Gasteiger partial charge is 0.407 e. The number of carbonyl (C=O) groups is 1. The molecule has 0 saturated heterocycles. The van der Waals surface area contributed by atoms with E-state index >= 15 is 0 Å². The molecular weight excluding hydrogens is 238 g/mol. The molecule has 0 spiro atoms. The summed E-state index contributed by atoms with van der Waals surface area (Å²) in [6.07, 6.45) is 4.32. The van der Waals surface area contributed by atoms with Gasteiger partial charge in [-0.15, -0.1) is 0 Å². The molecule has 1 saturated carbocycles.